The highest BCUT2D eigenvalue weighted by Gasteiger charge is 2.11. The summed E-state index contributed by atoms with van der Waals surface area (Å²) in [7, 11) is 0. The van der Waals surface area contributed by atoms with E-state index in [0.717, 1.165) is 5.56 Å². The van der Waals surface area contributed by atoms with Gasteiger partial charge in [-0.15, -0.1) is 5.10 Å². The van der Waals surface area contributed by atoms with Crippen LogP contribution in [0, 0.1) is 0 Å². The average molecular weight is 260 g/mol. The number of hydrogen-bond donors (Lipinski definition) is 3. The maximum atomic E-state index is 11.9. The molecule has 0 unspecified atom stereocenters. The Morgan fingerprint density at radius 2 is 2.11 bits per heavy atom. The summed E-state index contributed by atoms with van der Waals surface area (Å²) in [5, 5.41) is 18.1. The fraction of sp³-hybridized carbons (Fsp3) is 0.308. The van der Waals surface area contributed by atoms with E-state index < -0.39 is 0 Å². The first-order chi connectivity index (χ1) is 9.22. The van der Waals surface area contributed by atoms with Gasteiger partial charge in [-0.25, -0.2) is 4.98 Å². The number of H-pyrrole nitrogens is 1. The molecule has 0 radical (unpaired) electrons. The first-order valence-electron chi connectivity index (χ1n) is 6.15. The summed E-state index contributed by atoms with van der Waals surface area (Å²) in [6, 6.07) is 7.30. The number of aliphatic hydroxyl groups excluding tert-OH is 1. The molecule has 6 nitrogen and oxygen atoms in total. The van der Waals surface area contributed by atoms with Crippen LogP contribution in [0.4, 0.5) is 5.69 Å². The molecule has 3 N–H and O–H groups in total. The summed E-state index contributed by atoms with van der Waals surface area (Å²) >= 11 is 0. The Morgan fingerprint density at radius 3 is 2.68 bits per heavy atom. The first kappa shape index (κ1) is 13.2. The molecule has 19 heavy (non-hydrogen) atoms. The molecule has 2 aromatic rings. The molecule has 0 atom stereocenters. The van der Waals surface area contributed by atoms with E-state index in [1.165, 1.54) is 0 Å². The zero-order chi connectivity index (χ0) is 13.7. The number of nitrogens with one attached hydrogen (secondary N) is 2. The Balaban J connectivity index is 2.01. The molecular formula is C13H16N4O2. The van der Waals surface area contributed by atoms with Crippen molar-refractivity contribution in [2.45, 2.75) is 19.8 Å². The van der Waals surface area contributed by atoms with Gasteiger partial charge in [-0.2, -0.15) is 0 Å². The number of benzene rings is 1. The topological polar surface area (TPSA) is 90.9 Å². The van der Waals surface area contributed by atoms with E-state index >= 15 is 0 Å². The van der Waals surface area contributed by atoms with Gasteiger partial charge in [0, 0.05) is 18.7 Å². The molecule has 0 saturated carbocycles. The standard InChI is InChI=1S/C13H16N4O2/c1-2-11-15-12(17-16-11)13(19)14-10-5-3-9(4-6-10)7-8-18/h3-6,18H,2,7-8H2,1H3,(H,14,19)(H,15,16,17). The fourth-order valence-corrected chi connectivity index (χ4v) is 1.63. The molecule has 1 amide bonds. The van der Waals surface area contributed by atoms with E-state index in [1.807, 2.05) is 19.1 Å². The first-order valence-corrected chi connectivity index (χ1v) is 6.15. The molecule has 100 valence electrons. The van der Waals surface area contributed by atoms with Crippen molar-refractivity contribution in [3.8, 4) is 0 Å². The number of carbonyl (C=O) groups is 1. The zero-order valence-electron chi connectivity index (χ0n) is 10.7. The lowest BCUT2D eigenvalue weighted by atomic mass is 10.1. The van der Waals surface area contributed by atoms with E-state index in [4.69, 9.17) is 5.11 Å². The maximum absolute atomic E-state index is 11.9. The van der Waals surface area contributed by atoms with Crippen LogP contribution in [0.1, 0.15) is 28.9 Å². The molecule has 1 aromatic heterocycles. The lowest BCUT2D eigenvalue weighted by Crippen LogP contribution is -2.13. The van der Waals surface area contributed by atoms with E-state index in [2.05, 4.69) is 20.5 Å². The van der Waals surface area contributed by atoms with Crippen molar-refractivity contribution in [1.82, 2.24) is 15.2 Å². The molecule has 0 bridgehead atoms. The lowest BCUT2D eigenvalue weighted by Gasteiger charge is -2.03. The molecule has 0 spiro atoms. The average Bonchev–Trinajstić information content (AvgIpc) is 2.90. The second-order valence-electron chi connectivity index (χ2n) is 4.08. The smallest absolute Gasteiger partial charge is 0.295 e. The van der Waals surface area contributed by atoms with Crippen LogP contribution in [-0.4, -0.2) is 32.8 Å². The van der Waals surface area contributed by atoms with Crippen LogP contribution >= 0.6 is 0 Å². The number of carbonyl (C=O) groups excluding carboxylic acids is 1. The Bertz CT molecular complexity index is 548. The largest absolute Gasteiger partial charge is 0.396 e. The van der Waals surface area contributed by atoms with Crippen LogP contribution in [0.25, 0.3) is 0 Å². The van der Waals surface area contributed by atoms with Gasteiger partial charge in [0.1, 0.15) is 5.82 Å². The predicted molar refractivity (Wildman–Crippen MR) is 70.9 cm³/mol. The summed E-state index contributed by atoms with van der Waals surface area (Å²) in [5.74, 6) is 0.477. The minimum absolute atomic E-state index is 0.114. The van der Waals surface area contributed by atoms with Gasteiger partial charge in [-0.1, -0.05) is 19.1 Å². The zero-order valence-corrected chi connectivity index (χ0v) is 10.7. The third kappa shape index (κ3) is 3.38. The summed E-state index contributed by atoms with van der Waals surface area (Å²) in [6.45, 7) is 2.05. The number of rotatable bonds is 5. The monoisotopic (exact) mass is 260 g/mol. The minimum atomic E-state index is -0.342. The summed E-state index contributed by atoms with van der Waals surface area (Å²) in [6.07, 6.45) is 1.31. The van der Waals surface area contributed by atoms with E-state index in [1.54, 1.807) is 12.1 Å². The molecule has 2 rings (SSSR count). The number of aryl methyl sites for hydroxylation is 1. The van der Waals surface area contributed by atoms with Gasteiger partial charge in [-0.05, 0) is 24.1 Å². The number of aromatic amines is 1. The minimum Gasteiger partial charge on any atom is -0.396 e. The van der Waals surface area contributed by atoms with Crippen molar-refractivity contribution < 1.29 is 9.90 Å². The van der Waals surface area contributed by atoms with E-state index in [9.17, 15) is 4.79 Å². The molecule has 0 saturated heterocycles. The molecule has 1 heterocycles. The Morgan fingerprint density at radius 1 is 1.37 bits per heavy atom. The van der Waals surface area contributed by atoms with Crippen molar-refractivity contribution in [3.63, 3.8) is 0 Å². The highest BCUT2D eigenvalue weighted by atomic mass is 16.3. The number of anilines is 1. The normalized spacial score (nSPS) is 10.4. The Hall–Kier alpha value is -2.21. The van der Waals surface area contributed by atoms with Gasteiger partial charge in [0.2, 0.25) is 5.82 Å². The highest BCUT2D eigenvalue weighted by Crippen LogP contribution is 2.10. The van der Waals surface area contributed by atoms with E-state index in [-0.39, 0.29) is 18.3 Å². The second kappa shape index (κ2) is 6.10. The Kier molecular flexibility index (Phi) is 4.25. The predicted octanol–water partition coefficient (Wildman–Crippen LogP) is 1.15. The van der Waals surface area contributed by atoms with Crippen molar-refractivity contribution >= 4 is 11.6 Å². The van der Waals surface area contributed by atoms with Gasteiger partial charge in [0.25, 0.3) is 5.91 Å². The second-order valence-corrected chi connectivity index (χ2v) is 4.08. The molecule has 1 aromatic carbocycles. The molecule has 0 aliphatic rings. The third-order valence-corrected chi connectivity index (χ3v) is 2.68. The molecule has 0 fully saturated rings. The number of nitrogens with zero attached hydrogens (tertiary/aromatic N) is 2. The Labute approximate surface area is 110 Å². The van der Waals surface area contributed by atoms with Gasteiger partial charge >= 0.3 is 0 Å². The van der Waals surface area contributed by atoms with Crippen molar-refractivity contribution in [2.24, 2.45) is 0 Å². The van der Waals surface area contributed by atoms with Crippen LogP contribution in [0.5, 0.6) is 0 Å². The number of aliphatic hydroxyl groups is 1. The van der Waals surface area contributed by atoms with Crippen LogP contribution < -0.4 is 5.32 Å². The number of amides is 1. The van der Waals surface area contributed by atoms with Crippen LogP contribution in [-0.2, 0) is 12.8 Å². The quantitative estimate of drug-likeness (QED) is 0.752. The van der Waals surface area contributed by atoms with Crippen LogP contribution in [0.2, 0.25) is 0 Å². The van der Waals surface area contributed by atoms with E-state index in [0.29, 0.717) is 24.4 Å². The van der Waals surface area contributed by atoms with Gasteiger partial charge < -0.3 is 10.4 Å². The summed E-state index contributed by atoms with van der Waals surface area (Å²) in [5.41, 5.74) is 1.70. The molecule has 6 heteroatoms. The number of aromatic nitrogens is 3. The highest BCUT2D eigenvalue weighted by molar-refractivity contribution is 6.01. The van der Waals surface area contributed by atoms with Gasteiger partial charge in [0.15, 0.2) is 0 Å². The molecule has 0 aliphatic heterocycles. The third-order valence-electron chi connectivity index (χ3n) is 2.68. The van der Waals surface area contributed by atoms with Crippen molar-refractivity contribution in [3.05, 3.63) is 41.5 Å². The number of hydrogen-bond acceptors (Lipinski definition) is 4. The fourth-order valence-electron chi connectivity index (χ4n) is 1.63. The van der Waals surface area contributed by atoms with Crippen LogP contribution in [0.15, 0.2) is 24.3 Å². The van der Waals surface area contributed by atoms with Gasteiger partial charge in [0.05, 0.1) is 0 Å². The lowest BCUT2D eigenvalue weighted by molar-refractivity contribution is 0.101. The van der Waals surface area contributed by atoms with Gasteiger partial charge in [-0.3, -0.25) is 9.89 Å². The summed E-state index contributed by atoms with van der Waals surface area (Å²) in [4.78, 5) is 15.9. The van der Waals surface area contributed by atoms with Crippen molar-refractivity contribution in [2.75, 3.05) is 11.9 Å². The SMILES string of the molecule is CCc1nc(C(=O)Nc2ccc(CCO)cc2)n[nH]1. The summed E-state index contributed by atoms with van der Waals surface area (Å²) < 4.78 is 0. The maximum Gasteiger partial charge on any atom is 0.295 e. The molecule has 0 aliphatic carbocycles. The molecular weight excluding hydrogens is 244 g/mol. The van der Waals surface area contributed by atoms with Crippen LogP contribution in [0.3, 0.4) is 0 Å². The van der Waals surface area contributed by atoms with Crippen molar-refractivity contribution in [1.29, 1.82) is 0 Å².